The third-order valence-electron chi connectivity index (χ3n) is 4.16. The van der Waals surface area contributed by atoms with Gasteiger partial charge < -0.3 is 24.2 Å². The third kappa shape index (κ3) is 4.77. The van der Waals surface area contributed by atoms with Crippen molar-refractivity contribution >= 4 is 21.8 Å². The third-order valence-corrected chi connectivity index (χ3v) is 5.29. The number of pyridine rings is 1. The maximum absolute atomic E-state index is 12.7. The van der Waals surface area contributed by atoms with E-state index in [4.69, 9.17) is 14.2 Å². The summed E-state index contributed by atoms with van der Waals surface area (Å²) in [4.78, 5) is 13.1. The average Bonchev–Trinajstić information content (AvgIpc) is 3.31. The quantitative estimate of drug-likeness (QED) is 0.493. The van der Waals surface area contributed by atoms with Crippen LogP contribution in [0.4, 0.5) is 0 Å². The maximum atomic E-state index is 12.7. The van der Waals surface area contributed by atoms with Crippen LogP contribution >= 0.6 is 0 Å². The minimum absolute atomic E-state index is 0. The maximum Gasteiger partial charge on any atom is 1.00 e. The zero-order valence-electron chi connectivity index (χ0n) is 15.3. The molecule has 7 nitrogen and oxygen atoms in total. The standard InChI is InChI=1S/C18H18N3O4S.Na/c1-12-16(19-7-6-17(12)24-9-13-8-23-11-25-13)10-26(22)18-20-14-4-2-3-5-15(14)21-18;/h2-7,13H,8-11H2,1H3;/q-1;+1. The Labute approximate surface area is 181 Å². The zero-order chi connectivity index (χ0) is 17.9. The van der Waals surface area contributed by atoms with Gasteiger partial charge in [0.1, 0.15) is 25.3 Å². The van der Waals surface area contributed by atoms with Crippen molar-refractivity contribution in [2.45, 2.75) is 23.9 Å². The van der Waals surface area contributed by atoms with Crippen LogP contribution in [0.2, 0.25) is 0 Å². The van der Waals surface area contributed by atoms with Crippen molar-refractivity contribution in [3.05, 3.63) is 47.8 Å². The largest absolute Gasteiger partial charge is 1.00 e. The smallest absolute Gasteiger partial charge is 0.490 e. The SMILES string of the molecule is Cc1c(OCC2COCO2)ccnc1CS(=O)c1nc2ccccc2[n-]1.[Na+]. The molecule has 9 heteroatoms. The number of hydrogen-bond donors (Lipinski definition) is 0. The fourth-order valence-electron chi connectivity index (χ4n) is 2.69. The van der Waals surface area contributed by atoms with Gasteiger partial charge in [-0.3, -0.25) is 9.19 Å². The van der Waals surface area contributed by atoms with Crippen molar-refractivity contribution in [1.82, 2.24) is 15.0 Å². The van der Waals surface area contributed by atoms with Crippen molar-refractivity contribution in [1.29, 1.82) is 0 Å². The predicted octanol–water partition coefficient (Wildman–Crippen LogP) is -1.04. The van der Waals surface area contributed by atoms with E-state index >= 15 is 0 Å². The molecule has 1 aliphatic heterocycles. The molecule has 1 saturated heterocycles. The molecule has 2 atom stereocenters. The van der Waals surface area contributed by atoms with E-state index in [-0.39, 0.29) is 41.4 Å². The summed E-state index contributed by atoms with van der Waals surface area (Å²) in [6.07, 6.45) is 1.59. The first kappa shape index (κ1) is 20.4. The second-order valence-electron chi connectivity index (χ2n) is 5.95. The fourth-order valence-corrected chi connectivity index (χ4v) is 3.76. The normalized spacial score (nSPS) is 17.6. The predicted molar refractivity (Wildman–Crippen MR) is 95.3 cm³/mol. The van der Waals surface area contributed by atoms with E-state index < -0.39 is 10.8 Å². The molecule has 0 N–H and O–H groups in total. The summed E-state index contributed by atoms with van der Waals surface area (Å²) in [6.45, 7) is 3.15. The number of para-hydroxylation sites is 2. The van der Waals surface area contributed by atoms with Crippen LogP contribution in [0.1, 0.15) is 11.3 Å². The molecule has 2 aromatic heterocycles. The van der Waals surface area contributed by atoms with E-state index in [1.54, 1.807) is 12.3 Å². The Hall–Kier alpha value is -1.29. The van der Waals surface area contributed by atoms with Crippen LogP contribution in [0.3, 0.4) is 0 Å². The minimum atomic E-state index is -1.38. The van der Waals surface area contributed by atoms with E-state index in [9.17, 15) is 4.21 Å². The van der Waals surface area contributed by atoms with Gasteiger partial charge in [0.05, 0.1) is 28.9 Å². The van der Waals surface area contributed by atoms with Crippen molar-refractivity contribution in [2.75, 3.05) is 20.0 Å². The number of hydrogen-bond acceptors (Lipinski definition) is 6. The van der Waals surface area contributed by atoms with Gasteiger partial charge in [-0.15, -0.1) is 0 Å². The van der Waals surface area contributed by atoms with E-state index in [0.717, 1.165) is 16.6 Å². The van der Waals surface area contributed by atoms with Crippen LogP contribution in [-0.2, 0) is 26.0 Å². The summed E-state index contributed by atoms with van der Waals surface area (Å²) in [5.74, 6) is 0.943. The van der Waals surface area contributed by atoms with Crippen LogP contribution in [-0.4, -0.2) is 40.3 Å². The summed E-state index contributed by atoms with van der Waals surface area (Å²) in [5.41, 5.74) is 3.06. The van der Waals surface area contributed by atoms with Gasteiger partial charge in [0.25, 0.3) is 0 Å². The first-order chi connectivity index (χ1) is 12.7. The molecular formula is C18H18N3NaO4S. The van der Waals surface area contributed by atoms with E-state index in [1.165, 1.54) is 0 Å². The van der Waals surface area contributed by atoms with Gasteiger partial charge in [0.2, 0.25) is 0 Å². The summed E-state index contributed by atoms with van der Waals surface area (Å²) >= 11 is 0. The molecule has 3 aromatic rings. The van der Waals surface area contributed by atoms with Gasteiger partial charge in [0.15, 0.2) is 0 Å². The van der Waals surface area contributed by atoms with Crippen LogP contribution < -0.4 is 39.3 Å². The summed E-state index contributed by atoms with van der Waals surface area (Å²) in [6, 6.07) is 9.28. The molecule has 3 heterocycles. The van der Waals surface area contributed by atoms with Gasteiger partial charge in [-0.1, -0.05) is 24.3 Å². The molecule has 0 aliphatic carbocycles. The number of nitrogens with zero attached hydrogens (tertiary/aromatic N) is 3. The Morgan fingerprint density at radius 2 is 2.19 bits per heavy atom. The number of benzene rings is 1. The average molecular weight is 395 g/mol. The molecule has 1 aliphatic rings. The van der Waals surface area contributed by atoms with Crippen molar-refractivity contribution in [2.24, 2.45) is 0 Å². The van der Waals surface area contributed by atoms with Crippen LogP contribution in [0.15, 0.2) is 41.7 Å². The topological polar surface area (TPSA) is 84.6 Å². The minimum Gasteiger partial charge on any atom is -0.490 e. The molecular weight excluding hydrogens is 377 g/mol. The fraction of sp³-hybridized carbons (Fsp3) is 0.333. The Balaban J connectivity index is 0.00000210. The molecule has 1 aromatic carbocycles. The first-order valence-electron chi connectivity index (χ1n) is 8.25. The number of imidazole rings is 1. The summed E-state index contributed by atoms with van der Waals surface area (Å²) < 4.78 is 29.0. The van der Waals surface area contributed by atoms with E-state index in [1.807, 2.05) is 31.2 Å². The molecule has 0 amide bonds. The number of rotatable bonds is 6. The van der Waals surface area contributed by atoms with Gasteiger partial charge >= 0.3 is 29.6 Å². The zero-order valence-corrected chi connectivity index (χ0v) is 18.1. The van der Waals surface area contributed by atoms with Gasteiger partial charge in [-0.2, -0.15) is 0 Å². The van der Waals surface area contributed by atoms with Gasteiger partial charge in [0, 0.05) is 16.9 Å². The molecule has 0 radical (unpaired) electrons. The molecule has 4 rings (SSSR count). The molecule has 0 spiro atoms. The molecule has 136 valence electrons. The molecule has 27 heavy (non-hydrogen) atoms. The molecule has 2 unspecified atom stereocenters. The van der Waals surface area contributed by atoms with Crippen LogP contribution in [0.5, 0.6) is 5.75 Å². The Morgan fingerprint density at radius 3 is 2.96 bits per heavy atom. The number of fused-ring (bicyclic) bond motifs is 1. The Kier molecular flexibility index (Phi) is 7.02. The first-order valence-corrected chi connectivity index (χ1v) is 9.57. The Morgan fingerprint density at radius 1 is 1.33 bits per heavy atom. The number of aromatic nitrogens is 3. The van der Waals surface area contributed by atoms with Crippen LogP contribution in [0, 0.1) is 6.92 Å². The van der Waals surface area contributed by atoms with Crippen LogP contribution in [0.25, 0.3) is 11.0 Å². The number of ether oxygens (including phenoxy) is 3. The Bertz CT molecular complexity index is 910. The monoisotopic (exact) mass is 395 g/mol. The summed E-state index contributed by atoms with van der Waals surface area (Å²) in [7, 11) is -1.38. The van der Waals surface area contributed by atoms with Crippen molar-refractivity contribution < 1.29 is 48.0 Å². The van der Waals surface area contributed by atoms with E-state index in [2.05, 4.69) is 15.0 Å². The van der Waals surface area contributed by atoms with Crippen molar-refractivity contribution in [3.63, 3.8) is 0 Å². The molecule has 0 saturated carbocycles. The molecule has 0 bridgehead atoms. The van der Waals surface area contributed by atoms with E-state index in [0.29, 0.717) is 36.6 Å². The molecule has 1 fully saturated rings. The summed E-state index contributed by atoms with van der Waals surface area (Å²) in [5, 5.41) is 0.329. The van der Waals surface area contributed by atoms with Gasteiger partial charge in [-0.25, -0.2) is 0 Å². The second kappa shape index (κ2) is 9.27. The van der Waals surface area contributed by atoms with Gasteiger partial charge in [-0.05, 0) is 24.0 Å². The second-order valence-corrected chi connectivity index (χ2v) is 7.30. The van der Waals surface area contributed by atoms with Crippen molar-refractivity contribution in [3.8, 4) is 5.75 Å².